The Kier molecular flexibility index (Phi) is 9.49. The van der Waals surface area contributed by atoms with Crippen molar-refractivity contribution in [2.75, 3.05) is 7.05 Å². The van der Waals surface area contributed by atoms with Crippen LogP contribution in [0.25, 0.3) is 0 Å². The average molecular weight is 199 g/mol. The van der Waals surface area contributed by atoms with E-state index in [9.17, 15) is 0 Å². The van der Waals surface area contributed by atoms with Gasteiger partial charge in [0.25, 0.3) is 0 Å². The van der Waals surface area contributed by atoms with E-state index in [1.807, 2.05) is 0 Å². The first kappa shape index (κ1) is 14.0. The van der Waals surface area contributed by atoms with Crippen molar-refractivity contribution in [3.8, 4) is 0 Å². The second kappa shape index (κ2) is 9.51. The van der Waals surface area contributed by atoms with E-state index in [2.05, 4.69) is 33.1 Å². The number of rotatable bonds is 9. The molecule has 1 nitrogen and oxygen atoms in total. The Balaban J connectivity index is 3.18. The van der Waals surface area contributed by atoms with Crippen LogP contribution >= 0.6 is 0 Å². The average Bonchev–Trinajstić information content (AvgIpc) is 2.21. The van der Waals surface area contributed by atoms with E-state index in [1.165, 1.54) is 44.9 Å². The first-order valence-electron chi connectivity index (χ1n) is 6.38. The van der Waals surface area contributed by atoms with Crippen LogP contribution < -0.4 is 5.32 Å². The van der Waals surface area contributed by atoms with E-state index in [1.54, 1.807) is 0 Å². The Labute approximate surface area is 90.7 Å². The number of unbranched alkanes of at least 4 members (excludes halogenated alkanes) is 2. The standard InChI is InChI=1S/C13H29N/c1-5-6-9-12(2)10-7-8-11-13(3)14-4/h12-14H,5-11H2,1-4H3. The summed E-state index contributed by atoms with van der Waals surface area (Å²) in [5.74, 6) is 0.944. The molecule has 1 N–H and O–H groups in total. The van der Waals surface area contributed by atoms with E-state index < -0.39 is 0 Å². The quantitative estimate of drug-likeness (QED) is 0.554. The maximum atomic E-state index is 3.29. The van der Waals surface area contributed by atoms with Crippen molar-refractivity contribution in [1.29, 1.82) is 0 Å². The van der Waals surface area contributed by atoms with Crippen molar-refractivity contribution in [2.45, 2.75) is 71.8 Å². The van der Waals surface area contributed by atoms with Crippen molar-refractivity contribution in [2.24, 2.45) is 5.92 Å². The number of nitrogens with one attached hydrogen (secondary N) is 1. The van der Waals surface area contributed by atoms with Gasteiger partial charge in [0, 0.05) is 6.04 Å². The molecule has 0 aliphatic carbocycles. The highest BCUT2D eigenvalue weighted by Gasteiger charge is 2.02. The highest BCUT2D eigenvalue weighted by Crippen LogP contribution is 2.16. The Morgan fingerprint density at radius 2 is 1.50 bits per heavy atom. The van der Waals surface area contributed by atoms with E-state index in [0.29, 0.717) is 6.04 Å². The van der Waals surface area contributed by atoms with Gasteiger partial charge in [0.2, 0.25) is 0 Å². The van der Waals surface area contributed by atoms with E-state index >= 15 is 0 Å². The van der Waals surface area contributed by atoms with Crippen LogP contribution in [0.15, 0.2) is 0 Å². The third-order valence-electron chi connectivity index (χ3n) is 3.13. The summed E-state index contributed by atoms with van der Waals surface area (Å²) in [6, 6.07) is 0.695. The lowest BCUT2D eigenvalue weighted by atomic mass is 9.97. The summed E-state index contributed by atoms with van der Waals surface area (Å²) < 4.78 is 0. The Bertz CT molecular complexity index is 112. The first-order valence-corrected chi connectivity index (χ1v) is 6.38. The van der Waals surface area contributed by atoms with Crippen molar-refractivity contribution in [1.82, 2.24) is 5.32 Å². The summed E-state index contributed by atoms with van der Waals surface area (Å²) in [4.78, 5) is 0. The maximum Gasteiger partial charge on any atom is 0.00357 e. The van der Waals surface area contributed by atoms with Gasteiger partial charge in [0.15, 0.2) is 0 Å². The smallest absolute Gasteiger partial charge is 0.00357 e. The van der Waals surface area contributed by atoms with Gasteiger partial charge in [0.05, 0.1) is 0 Å². The first-order chi connectivity index (χ1) is 6.70. The predicted molar refractivity (Wildman–Crippen MR) is 65.7 cm³/mol. The molecule has 0 fully saturated rings. The van der Waals surface area contributed by atoms with Gasteiger partial charge in [-0.25, -0.2) is 0 Å². The third-order valence-corrected chi connectivity index (χ3v) is 3.13. The summed E-state index contributed by atoms with van der Waals surface area (Å²) in [6.45, 7) is 6.94. The molecule has 0 aromatic heterocycles. The van der Waals surface area contributed by atoms with Gasteiger partial charge in [0.1, 0.15) is 0 Å². The van der Waals surface area contributed by atoms with Crippen LogP contribution in [-0.2, 0) is 0 Å². The maximum absolute atomic E-state index is 3.29. The molecule has 0 aromatic carbocycles. The molecule has 0 bridgehead atoms. The molecule has 0 aliphatic heterocycles. The highest BCUT2D eigenvalue weighted by molar-refractivity contribution is 4.59. The summed E-state index contributed by atoms with van der Waals surface area (Å²) in [5, 5.41) is 3.29. The van der Waals surface area contributed by atoms with Crippen LogP contribution in [0.1, 0.15) is 65.7 Å². The SMILES string of the molecule is CCCCC(C)CCCCC(C)NC. The summed E-state index contributed by atoms with van der Waals surface area (Å²) in [6.07, 6.45) is 9.75. The minimum absolute atomic E-state index is 0.695. The van der Waals surface area contributed by atoms with Crippen molar-refractivity contribution < 1.29 is 0 Å². The molecule has 0 heterocycles. The van der Waals surface area contributed by atoms with Crippen LogP contribution in [0.5, 0.6) is 0 Å². The molecule has 2 unspecified atom stereocenters. The van der Waals surface area contributed by atoms with Crippen molar-refractivity contribution in [3.05, 3.63) is 0 Å². The lowest BCUT2D eigenvalue weighted by Crippen LogP contribution is -2.20. The summed E-state index contributed by atoms with van der Waals surface area (Å²) in [7, 11) is 2.05. The van der Waals surface area contributed by atoms with Crippen molar-refractivity contribution >= 4 is 0 Å². The normalized spacial score (nSPS) is 15.4. The zero-order valence-corrected chi connectivity index (χ0v) is 10.6. The molecular weight excluding hydrogens is 170 g/mol. The number of hydrogen-bond donors (Lipinski definition) is 1. The predicted octanol–water partition coefficient (Wildman–Crippen LogP) is 3.98. The fraction of sp³-hybridized carbons (Fsp3) is 1.00. The fourth-order valence-electron chi connectivity index (χ4n) is 1.78. The molecule has 0 aliphatic rings. The summed E-state index contributed by atoms with van der Waals surface area (Å²) in [5.41, 5.74) is 0. The highest BCUT2D eigenvalue weighted by atomic mass is 14.8. The molecule has 0 aromatic rings. The molecule has 14 heavy (non-hydrogen) atoms. The molecule has 86 valence electrons. The minimum atomic E-state index is 0.695. The molecule has 0 rings (SSSR count). The molecular formula is C13H29N. The van der Waals surface area contributed by atoms with Crippen LogP contribution in [0.4, 0.5) is 0 Å². The van der Waals surface area contributed by atoms with Gasteiger partial charge >= 0.3 is 0 Å². The van der Waals surface area contributed by atoms with Gasteiger partial charge < -0.3 is 5.32 Å². The summed E-state index contributed by atoms with van der Waals surface area (Å²) >= 11 is 0. The molecule has 0 saturated carbocycles. The zero-order chi connectivity index (χ0) is 10.8. The van der Waals surface area contributed by atoms with Crippen LogP contribution in [0.2, 0.25) is 0 Å². The van der Waals surface area contributed by atoms with Gasteiger partial charge in [-0.05, 0) is 26.3 Å². The molecule has 1 heteroatoms. The molecule has 0 amide bonds. The molecule has 0 spiro atoms. The molecule has 0 radical (unpaired) electrons. The topological polar surface area (TPSA) is 12.0 Å². The van der Waals surface area contributed by atoms with Gasteiger partial charge in [-0.15, -0.1) is 0 Å². The Morgan fingerprint density at radius 1 is 0.929 bits per heavy atom. The second-order valence-electron chi connectivity index (χ2n) is 4.72. The number of hydrogen-bond acceptors (Lipinski definition) is 1. The van der Waals surface area contributed by atoms with Crippen LogP contribution in [0.3, 0.4) is 0 Å². The van der Waals surface area contributed by atoms with Crippen LogP contribution in [-0.4, -0.2) is 13.1 Å². The van der Waals surface area contributed by atoms with E-state index in [0.717, 1.165) is 5.92 Å². The van der Waals surface area contributed by atoms with Gasteiger partial charge in [-0.1, -0.05) is 52.4 Å². The molecule has 0 saturated heterocycles. The lowest BCUT2D eigenvalue weighted by Gasteiger charge is -2.12. The van der Waals surface area contributed by atoms with E-state index in [-0.39, 0.29) is 0 Å². The van der Waals surface area contributed by atoms with Crippen LogP contribution in [0, 0.1) is 5.92 Å². The van der Waals surface area contributed by atoms with Gasteiger partial charge in [-0.3, -0.25) is 0 Å². The van der Waals surface area contributed by atoms with Crippen molar-refractivity contribution in [3.63, 3.8) is 0 Å². The third kappa shape index (κ3) is 8.55. The lowest BCUT2D eigenvalue weighted by molar-refractivity contribution is 0.432. The Hall–Kier alpha value is -0.0400. The fourth-order valence-corrected chi connectivity index (χ4v) is 1.78. The Morgan fingerprint density at radius 3 is 2.07 bits per heavy atom. The largest absolute Gasteiger partial charge is 0.317 e. The van der Waals surface area contributed by atoms with E-state index in [4.69, 9.17) is 0 Å². The second-order valence-corrected chi connectivity index (χ2v) is 4.72. The minimum Gasteiger partial charge on any atom is -0.317 e. The van der Waals surface area contributed by atoms with Gasteiger partial charge in [-0.2, -0.15) is 0 Å². The molecule has 2 atom stereocenters. The monoisotopic (exact) mass is 199 g/mol. The zero-order valence-electron chi connectivity index (χ0n) is 10.6.